The molecule has 0 radical (unpaired) electrons. The van der Waals surface area contributed by atoms with Crippen molar-refractivity contribution in [3.8, 4) is 34.3 Å². The number of aryl methyl sites for hydroxylation is 1. The largest absolute Gasteiger partial charge is 0.489 e. The van der Waals surface area contributed by atoms with Crippen LogP contribution in [0.4, 0.5) is 0 Å². The Labute approximate surface area is 177 Å². The maximum absolute atomic E-state index is 13.0. The van der Waals surface area contributed by atoms with E-state index in [1.54, 1.807) is 11.3 Å². The fourth-order valence-corrected chi connectivity index (χ4v) is 4.48. The van der Waals surface area contributed by atoms with Crippen molar-refractivity contribution in [1.29, 1.82) is 0 Å². The van der Waals surface area contributed by atoms with E-state index < -0.39 is 0 Å². The third-order valence-electron chi connectivity index (χ3n) is 5.28. The maximum atomic E-state index is 13.0. The zero-order valence-electron chi connectivity index (χ0n) is 17.5. The number of rotatable bonds is 7. The van der Waals surface area contributed by atoms with Gasteiger partial charge >= 0.3 is 0 Å². The zero-order valence-corrected chi connectivity index (χ0v) is 18.3. The van der Waals surface area contributed by atoms with Crippen LogP contribution in [-0.2, 0) is 11.3 Å². The maximum Gasteiger partial charge on any atom is 0.226 e. The van der Waals surface area contributed by atoms with Crippen molar-refractivity contribution in [2.75, 3.05) is 19.8 Å². The second-order valence-corrected chi connectivity index (χ2v) is 8.59. The summed E-state index contributed by atoms with van der Waals surface area (Å²) in [4.78, 5) is 17.4. The molecule has 0 saturated carbocycles. The molecular weight excluding hydrogens is 382 g/mol. The number of fused-ring (bicyclic) bond motifs is 1. The predicted molar refractivity (Wildman–Crippen MR) is 118 cm³/mol. The molecule has 1 aliphatic rings. The molecule has 0 bridgehead atoms. The number of benzene rings is 1. The molecule has 1 amide bonds. The van der Waals surface area contributed by atoms with Crippen LogP contribution >= 0.6 is 11.3 Å². The third kappa shape index (κ3) is 4.94. The minimum atomic E-state index is 0.0611. The van der Waals surface area contributed by atoms with E-state index in [1.807, 2.05) is 11.0 Å². The summed E-state index contributed by atoms with van der Waals surface area (Å²) < 4.78 is 12.1. The van der Waals surface area contributed by atoms with Crippen molar-refractivity contribution >= 4 is 17.2 Å². The second-order valence-electron chi connectivity index (χ2n) is 7.30. The first-order valence-electron chi connectivity index (χ1n) is 10.3. The van der Waals surface area contributed by atoms with Gasteiger partial charge < -0.3 is 14.4 Å². The first-order valence-corrected chi connectivity index (χ1v) is 11.1. The molecule has 1 aliphatic heterocycles. The number of hydrogen-bond donors (Lipinski definition) is 0. The van der Waals surface area contributed by atoms with E-state index >= 15 is 0 Å². The van der Waals surface area contributed by atoms with Crippen LogP contribution in [0.3, 0.4) is 0 Å². The Bertz CT molecular complexity index is 892. The molecule has 0 aliphatic carbocycles. The topological polar surface area (TPSA) is 38.8 Å². The van der Waals surface area contributed by atoms with E-state index in [2.05, 4.69) is 44.9 Å². The van der Waals surface area contributed by atoms with Gasteiger partial charge in [0.25, 0.3) is 0 Å². The van der Waals surface area contributed by atoms with Crippen molar-refractivity contribution in [2.45, 2.75) is 46.6 Å². The first kappa shape index (κ1) is 21.3. The van der Waals surface area contributed by atoms with Gasteiger partial charge in [0.1, 0.15) is 6.61 Å². The molecule has 0 spiro atoms. The summed E-state index contributed by atoms with van der Waals surface area (Å²) in [5.41, 5.74) is 2.07. The van der Waals surface area contributed by atoms with Gasteiger partial charge in [0.05, 0.1) is 13.2 Å². The third-order valence-corrected chi connectivity index (χ3v) is 6.33. The van der Waals surface area contributed by atoms with Crippen LogP contribution in [0.25, 0.3) is 10.4 Å². The average Bonchev–Trinajstić information content (AvgIpc) is 3.03. The molecule has 4 nitrogen and oxygen atoms in total. The van der Waals surface area contributed by atoms with Crippen LogP contribution in [0, 0.1) is 25.2 Å². The van der Waals surface area contributed by atoms with Crippen molar-refractivity contribution in [3.63, 3.8) is 0 Å². The summed E-state index contributed by atoms with van der Waals surface area (Å²) in [6.45, 7) is 8.26. The molecule has 0 N–H and O–H groups in total. The van der Waals surface area contributed by atoms with Gasteiger partial charge in [0, 0.05) is 34.2 Å². The van der Waals surface area contributed by atoms with E-state index in [4.69, 9.17) is 15.9 Å². The fraction of sp³-hybridized carbons (Fsp3) is 0.458. The summed E-state index contributed by atoms with van der Waals surface area (Å²) in [7, 11) is 0. The molecule has 0 atom stereocenters. The van der Waals surface area contributed by atoms with Crippen molar-refractivity contribution < 1.29 is 14.3 Å². The smallest absolute Gasteiger partial charge is 0.226 e. The highest BCUT2D eigenvalue weighted by atomic mass is 32.1. The Balaban J connectivity index is 1.97. The highest BCUT2D eigenvalue weighted by Gasteiger charge is 2.27. The van der Waals surface area contributed by atoms with Gasteiger partial charge in [-0.3, -0.25) is 4.79 Å². The van der Waals surface area contributed by atoms with E-state index in [0.717, 1.165) is 29.7 Å². The first-order chi connectivity index (χ1) is 14.1. The Hall–Kier alpha value is -2.45. The normalized spacial score (nSPS) is 13.4. The van der Waals surface area contributed by atoms with Gasteiger partial charge in [-0.05, 0) is 49.6 Å². The summed E-state index contributed by atoms with van der Waals surface area (Å²) >= 11 is 1.74. The number of hydrogen-bond acceptors (Lipinski definition) is 4. The molecule has 0 fully saturated rings. The lowest BCUT2D eigenvalue weighted by Gasteiger charge is -2.24. The number of terminal acetylenes is 1. The van der Waals surface area contributed by atoms with E-state index in [0.29, 0.717) is 38.5 Å². The van der Waals surface area contributed by atoms with Crippen molar-refractivity contribution in [1.82, 2.24) is 4.90 Å². The molecule has 5 heteroatoms. The molecule has 2 heterocycles. The molecule has 2 aromatic rings. The van der Waals surface area contributed by atoms with Gasteiger partial charge in [0.15, 0.2) is 11.5 Å². The average molecular weight is 412 g/mol. The molecule has 0 unspecified atom stereocenters. The fourth-order valence-electron chi connectivity index (χ4n) is 3.63. The minimum Gasteiger partial charge on any atom is -0.489 e. The predicted octanol–water partition coefficient (Wildman–Crippen LogP) is 5.28. The Morgan fingerprint density at radius 3 is 2.79 bits per heavy atom. The van der Waals surface area contributed by atoms with Crippen LogP contribution in [-0.4, -0.2) is 30.6 Å². The Kier molecular flexibility index (Phi) is 7.22. The van der Waals surface area contributed by atoms with E-state index in [-0.39, 0.29) is 11.8 Å². The molecule has 154 valence electrons. The Morgan fingerprint density at radius 1 is 1.34 bits per heavy atom. The van der Waals surface area contributed by atoms with E-state index in [1.165, 1.54) is 9.75 Å². The van der Waals surface area contributed by atoms with E-state index in [9.17, 15) is 4.79 Å². The summed E-state index contributed by atoms with van der Waals surface area (Å²) in [6.07, 6.45) is 7.63. The van der Waals surface area contributed by atoms with Crippen LogP contribution < -0.4 is 9.47 Å². The highest BCUT2D eigenvalue weighted by molar-refractivity contribution is 7.15. The van der Waals surface area contributed by atoms with Gasteiger partial charge in [0.2, 0.25) is 5.91 Å². The lowest BCUT2D eigenvalue weighted by molar-refractivity contribution is -0.136. The van der Waals surface area contributed by atoms with Crippen LogP contribution in [0.2, 0.25) is 0 Å². The molecule has 0 saturated heterocycles. The lowest BCUT2D eigenvalue weighted by atomic mass is 10.0. The highest BCUT2D eigenvalue weighted by Crippen LogP contribution is 2.40. The number of thiophene rings is 1. The lowest BCUT2D eigenvalue weighted by Crippen LogP contribution is -2.36. The standard InChI is InChI=1S/C24H29NO3S/c1-5-8-12-27-21-15-19(22-10-9-17(4)29-22)14-20-16-25(11-13-28-23(20)21)24(26)18(6-2)7-3/h1,9-10,14-15,18H,6-8,11-13,16H2,2-4H3. The van der Waals surface area contributed by atoms with Gasteiger partial charge in [-0.25, -0.2) is 0 Å². The monoisotopic (exact) mass is 411 g/mol. The van der Waals surface area contributed by atoms with Crippen LogP contribution in [0.1, 0.15) is 43.6 Å². The number of carbonyl (C=O) groups excluding carboxylic acids is 1. The molecular formula is C24H29NO3S. The van der Waals surface area contributed by atoms with Gasteiger partial charge in [-0.2, -0.15) is 0 Å². The number of carbonyl (C=O) groups is 1. The second kappa shape index (κ2) is 9.84. The summed E-state index contributed by atoms with van der Waals surface area (Å²) in [6, 6.07) is 8.40. The molecule has 1 aromatic carbocycles. The van der Waals surface area contributed by atoms with Crippen molar-refractivity contribution in [2.24, 2.45) is 5.92 Å². The molecule has 29 heavy (non-hydrogen) atoms. The van der Waals surface area contributed by atoms with Gasteiger partial charge in [-0.1, -0.05) is 13.8 Å². The SMILES string of the molecule is C#CCCOc1cc(-c2ccc(C)s2)cc2c1OCCN(C(=O)C(CC)CC)C2. The van der Waals surface area contributed by atoms with Crippen molar-refractivity contribution in [3.05, 3.63) is 34.7 Å². The zero-order chi connectivity index (χ0) is 20.8. The number of nitrogens with zero attached hydrogens (tertiary/aromatic N) is 1. The number of amides is 1. The summed E-state index contributed by atoms with van der Waals surface area (Å²) in [5.74, 6) is 4.32. The van der Waals surface area contributed by atoms with Gasteiger partial charge in [-0.15, -0.1) is 23.7 Å². The summed E-state index contributed by atoms with van der Waals surface area (Å²) in [5, 5.41) is 0. The van der Waals surface area contributed by atoms with Crippen LogP contribution in [0.5, 0.6) is 11.5 Å². The Morgan fingerprint density at radius 2 is 2.14 bits per heavy atom. The molecule has 3 rings (SSSR count). The minimum absolute atomic E-state index is 0.0611. The number of ether oxygens (including phenoxy) is 2. The van der Waals surface area contributed by atoms with Crippen LogP contribution in [0.15, 0.2) is 24.3 Å². The quantitative estimate of drug-likeness (QED) is 0.459. The molecule has 1 aromatic heterocycles.